The van der Waals surface area contributed by atoms with Crippen molar-refractivity contribution in [3.8, 4) is 28.0 Å². The van der Waals surface area contributed by atoms with Crippen molar-refractivity contribution in [2.45, 2.75) is 39.7 Å². The fourth-order valence-electron chi connectivity index (χ4n) is 5.64. The molecule has 2 aliphatic rings. The first kappa shape index (κ1) is 31.4. The minimum atomic E-state index is -0.554. The number of pyridine rings is 1. The molecule has 44 heavy (non-hydrogen) atoms. The van der Waals surface area contributed by atoms with Crippen molar-refractivity contribution < 1.29 is 23.5 Å². The number of hydrogen-bond donors (Lipinski definition) is 0. The Morgan fingerprint density at radius 3 is 2.23 bits per heavy atom. The molecular formula is C33H39ClFN5O4. The fraction of sp³-hybridized carbons (Fsp3) is 0.424. The Balaban J connectivity index is 1.46. The summed E-state index contributed by atoms with van der Waals surface area (Å²) in [7, 11) is 3.31. The Hall–Kier alpha value is -4.05. The average molecular weight is 624 g/mol. The van der Waals surface area contributed by atoms with Crippen LogP contribution in [0.15, 0.2) is 42.6 Å². The minimum Gasteiger partial charge on any atom is -0.495 e. The third-order valence-corrected chi connectivity index (χ3v) is 8.19. The van der Waals surface area contributed by atoms with Gasteiger partial charge in [0, 0.05) is 69.2 Å². The molecule has 0 atom stereocenters. The number of piperazine rings is 1. The largest absolute Gasteiger partial charge is 0.495 e. The van der Waals surface area contributed by atoms with Crippen LogP contribution in [0, 0.1) is 5.82 Å². The average Bonchev–Trinajstić information content (AvgIpc) is 3.32. The first-order valence-corrected chi connectivity index (χ1v) is 15.2. The summed E-state index contributed by atoms with van der Waals surface area (Å²) in [6.07, 6.45) is 2.14. The number of ether oxygens (including phenoxy) is 2. The fourth-order valence-corrected chi connectivity index (χ4v) is 5.92. The quantitative estimate of drug-likeness (QED) is 0.304. The first-order valence-electron chi connectivity index (χ1n) is 14.8. The summed E-state index contributed by atoms with van der Waals surface area (Å²) in [6, 6.07) is 10.1. The number of benzene rings is 2. The van der Waals surface area contributed by atoms with Crippen LogP contribution >= 0.6 is 11.6 Å². The van der Waals surface area contributed by atoms with Crippen molar-refractivity contribution in [1.82, 2.24) is 14.8 Å². The first-order chi connectivity index (χ1) is 20.9. The maximum absolute atomic E-state index is 15.2. The number of methoxy groups -OCH3 is 1. The van der Waals surface area contributed by atoms with Crippen LogP contribution in [0.4, 0.5) is 25.4 Å². The molecule has 5 rings (SSSR count). The highest BCUT2D eigenvalue weighted by atomic mass is 35.5. The number of anilines is 2. The van der Waals surface area contributed by atoms with E-state index < -0.39 is 11.4 Å². The smallest absolute Gasteiger partial charge is 0.410 e. The Morgan fingerprint density at radius 2 is 1.66 bits per heavy atom. The monoisotopic (exact) mass is 623 g/mol. The van der Waals surface area contributed by atoms with Gasteiger partial charge in [-0.05, 0) is 63.1 Å². The molecule has 1 aromatic heterocycles. The van der Waals surface area contributed by atoms with Gasteiger partial charge in [-0.3, -0.25) is 9.88 Å². The molecule has 0 aliphatic carbocycles. The molecule has 3 heterocycles. The molecule has 2 aromatic carbocycles. The van der Waals surface area contributed by atoms with E-state index in [0.717, 1.165) is 11.4 Å². The second-order valence-corrected chi connectivity index (χ2v) is 12.5. The summed E-state index contributed by atoms with van der Waals surface area (Å²) in [6.45, 7) is 11.0. The molecule has 234 valence electrons. The van der Waals surface area contributed by atoms with E-state index in [0.29, 0.717) is 84.4 Å². The maximum Gasteiger partial charge on any atom is 0.410 e. The molecule has 0 radical (unpaired) electrons. The summed E-state index contributed by atoms with van der Waals surface area (Å²) in [5.41, 5.74) is 4.37. The summed E-state index contributed by atoms with van der Waals surface area (Å²) in [4.78, 5) is 37.1. The molecule has 0 spiro atoms. The Bertz CT molecular complexity index is 1570. The van der Waals surface area contributed by atoms with Crippen LogP contribution in [0.2, 0.25) is 5.02 Å². The number of carbonyl (C=O) groups excluding carboxylic acids is 2. The molecule has 0 unspecified atom stereocenters. The van der Waals surface area contributed by atoms with Gasteiger partial charge in [-0.2, -0.15) is 0 Å². The van der Waals surface area contributed by atoms with Crippen LogP contribution < -0.4 is 14.5 Å². The summed E-state index contributed by atoms with van der Waals surface area (Å²) in [5, 5.41) is 0.390. The molecule has 3 aromatic rings. The van der Waals surface area contributed by atoms with E-state index >= 15 is 4.39 Å². The summed E-state index contributed by atoms with van der Waals surface area (Å²) >= 11 is 6.67. The van der Waals surface area contributed by atoms with Gasteiger partial charge < -0.3 is 24.2 Å². The lowest BCUT2D eigenvalue weighted by Gasteiger charge is -2.37. The van der Waals surface area contributed by atoms with Crippen LogP contribution in [0.25, 0.3) is 22.3 Å². The number of urea groups is 1. The SMILES string of the molecule is CCc1ncc(-c2cc(F)cc(-c3ccc(N4CCN(C)C4=O)c(Cl)c3)c2OC)cc1N1CCN(C(=O)OC(C)(C)C)CC1. The standard InChI is InChI=1S/C33H39ClFN5O4/c1-7-27-29(38-11-13-39(14-12-38)32(42)44-33(2,3)4)17-22(20-36-27)25-19-23(35)18-24(30(25)43-6)21-8-9-28(26(34)16-21)40-15-10-37(5)31(40)41/h8-9,16-20H,7,10-15H2,1-6H3. The van der Waals surface area contributed by atoms with Crippen molar-refractivity contribution >= 4 is 35.1 Å². The number of likely N-dealkylation sites (N-methyl/N-ethyl adjacent to an activating group) is 1. The van der Waals surface area contributed by atoms with Gasteiger partial charge in [-0.25, -0.2) is 14.0 Å². The van der Waals surface area contributed by atoms with Gasteiger partial charge in [0.25, 0.3) is 0 Å². The second-order valence-electron chi connectivity index (χ2n) is 12.1. The number of amides is 3. The highest BCUT2D eigenvalue weighted by Gasteiger charge is 2.29. The van der Waals surface area contributed by atoms with Gasteiger partial charge in [-0.15, -0.1) is 0 Å². The molecule has 2 aliphatic heterocycles. The molecule has 2 saturated heterocycles. The van der Waals surface area contributed by atoms with E-state index in [1.54, 1.807) is 47.2 Å². The topological polar surface area (TPSA) is 78.5 Å². The van der Waals surface area contributed by atoms with E-state index in [9.17, 15) is 9.59 Å². The molecule has 0 N–H and O–H groups in total. The third kappa shape index (κ3) is 6.40. The molecule has 0 bridgehead atoms. The summed E-state index contributed by atoms with van der Waals surface area (Å²) in [5.74, 6) is 0.0541. The normalized spacial score (nSPS) is 15.7. The van der Waals surface area contributed by atoms with Crippen molar-refractivity contribution in [2.75, 3.05) is 63.2 Å². The molecule has 11 heteroatoms. The highest BCUT2D eigenvalue weighted by Crippen LogP contribution is 2.43. The predicted octanol–water partition coefficient (Wildman–Crippen LogP) is 6.71. The lowest BCUT2D eigenvalue weighted by molar-refractivity contribution is 0.0240. The van der Waals surface area contributed by atoms with E-state index in [-0.39, 0.29) is 12.1 Å². The third-order valence-electron chi connectivity index (χ3n) is 7.89. The van der Waals surface area contributed by atoms with Crippen LogP contribution in [0.5, 0.6) is 5.75 Å². The number of aryl methyl sites for hydroxylation is 1. The Kier molecular flexibility index (Phi) is 8.92. The molecule has 3 amide bonds. The van der Waals surface area contributed by atoms with Gasteiger partial charge in [0.1, 0.15) is 17.2 Å². The lowest BCUT2D eigenvalue weighted by Crippen LogP contribution is -2.50. The molecular weight excluding hydrogens is 585 g/mol. The van der Waals surface area contributed by atoms with Crippen molar-refractivity contribution in [3.63, 3.8) is 0 Å². The predicted molar refractivity (Wildman–Crippen MR) is 171 cm³/mol. The second kappa shape index (κ2) is 12.5. The van der Waals surface area contributed by atoms with Crippen LogP contribution in [-0.2, 0) is 11.2 Å². The Morgan fingerprint density at radius 1 is 0.977 bits per heavy atom. The van der Waals surface area contributed by atoms with Crippen LogP contribution in [0.1, 0.15) is 33.4 Å². The highest BCUT2D eigenvalue weighted by molar-refractivity contribution is 6.34. The Labute approximate surface area is 263 Å². The zero-order valence-electron chi connectivity index (χ0n) is 26.1. The zero-order chi connectivity index (χ0) is 31.8. The van der Waals surface area contributed by atoms with Gasteiger partial charge in [0.2, 0.25) is 0 Å². The van der Waals surface area contributed by atoms with Crippen molar-refractivity contribution in [3.05, 3.63) is 59.1 Å². The number of halogens is 2. The van der Waals surface area contributed by atoms with E-state index in [2.05, 4.69) is 4.90 Å². The molecule has 2 fully saturated rings. The number of rotatable bonds is 6. The lowest BCUT2D eigenvalue weighted by atomic mass is 9.96. The number of hydrogen-bond acceptors (Lipinski definition) is 6. The van der Waals surface area contributed by atoms with Crippen LogP contribution in [-0.4, -0.2) is 85.9 Å². The van der Waals surface area contributed by atoms with Gasteiger partial charge in [-0.1, -0.05) is 24.6 Å². The van der Waals surface area contributed by atoms with Crippen molar-refractivity contribution in [2.24, 2.45) is 0 Å². The van der Waals surface area contributed by atoms with E-state index in [1.807, 2.05) is 39.8 Å². The van der Waals surface area contributed by atoms with Gasteiger partial charge in [0.05, 0.1) is 29.2 Å². The summed E-state index contributed by atoms with van der Waals surface area (Å²) < 4.78 is 26.7. The van der Waals surface area contributed by atoms with Gasteiger partial charge in [0.15, 0.2) is 0 Å². The minimum absolute atomic E-state index is 0.115. The number of carbonyl (C=O) groups is 2. The van der Waals surface area contributed by atoms with Gasteiger partial charge >= 0.3 is 12.1 Å². The molecule has 9 nitrogen and oxygen atoms in total. The van der Waals surface area contributed by atoms with Crippen molar-refractivity contribution in [1.29, 1.82) is 0 Å². The molecule has 0 saturated carbocycles. The van der Waals surface area contributed by atoms with Crippen LogP contribution in [0.3, 0.4) is 0 Å². The maximum atomic E-state index is 15.2. The zero-order valence-corrected chi connectivity index (χ0v) is 26.9. The van der Waals surface area contributed by atoms with E-state index in [1.165, 1.54) is 12.1 Å². The van der Waals surface area contributed by atoms with E-state index in [4.69, 9.17) is 26.1 Å². The number of nitrogens with zero attached hydrogens (tertiary/aromatic N) is 5. The number of aromatic nitrogens is 1.